The fourth-order valence-corrected chi connectivity index (χ4v) is 2.31. The van der Waals surface area contributed by atoms with Gasteiger partial charge < -0.3 is 14.8 Å². The SMILES string of the molecule is CCC(=O)Nc1ccc(-c2cc3c(cc2Cl)OC(F)(F)O3)cn1. The van der Waals surface area contributed by atoms with E-state index in [1.165, 1.54) is 18.3 Å². The van der Waals surface area contributed by atoms with Crippen LogP contribution < -0.4 is 14.8 Å². The van der Waals surface area contributed by atoms with Crippen molar-refractivity contribution in [2.24, 2.45) is 0 Å². The van der Waals surface area contributed by atoms with E-state index >= 15 is 0 Å². The van der Waals surface area contributed by atoms with E-state index in [0.717, 1.165) is 0 Å². The summed E-state index contributed by atoms with van der Waals surface area (Å²) in [5.41, 5.74) is 1.05. The molecule has 5 nitrogen and oxygen atoms in total. The minimum absolute atomic E-state index is 0.0993. The summed E-state index contributed by atoms with van der Waals surface area (Å²) < 4.78 is 34.9. The molecule has 0 bridgehead atoms. The van der Waals surface area contributed by atoms with Crippen LogP contribution in [0.2, 0.25) is 5.02 Å². The quantitative estimate of drug-likeness (QED) is 0.915. The second-order valence-corrected chi connectivity index (χ2v) is 5.19. The molecular formula is C15H11ClF2N2O3. The van der Waals surface area contributed by atoms with Crippen molar-refractivity contribution in [3.05, 3.63) is 35.5 Å². The molecule has 0 unspecified atom stereocenters. The number of ether oxygens (including phenoxy) is 2. The summed E-state index contributed by atoms with van der Waals surface area (Å²) in [4.78, 5) is 15.4. The van der Waals surface area contributed by atoms with Gasteiger partial charge in [-0.3, -0.25) is 4.79 Å². The number of pyridine rings is 1. The van der Waals surface area contributed by atoms with E-state index in [4.69, 9.17) is 11.6 Å². The number of nitrogens with zero attached hydrogens (tertiary/aromatic N) is 1. The molecule has 8 heteroatoms. The number of rotatable bonds is 3. The molecule has 1 aliphatic rings. The molecule has 3 rings (SSSR count). The lowest BCUT2D eigenvalue weighted by Crippen LogP contribution is -2.25. The number of alkyl halides is 2. The van der Waals surface area contributed by atoms with Gasteiger partial charge in [0.05, 0.1) is 5.02 Å². The summed E-state index contributed by atoms with van der Waals surface area (Å²) in [6, 6.07) is 5.89. The van der Waals surface area contributed by atoms with Crippen molar-refractivity contribution < 1.29 is 23.0 Å². The highest BCUT2D eigenvalue weighted by Gasteiger charge is 2.43. The first kappa shape index (κ1) is 15.5. The van der Waals surface area contributed by atoms with Crippen molar-refractivity contribution >= 4 is 23.3 Å². The van der Waals surface area contributed by atoms with Gasteiger partial charge in [0.25, 0.3) is 0 Å². The number of carbonyl (C=O) groups excluding carboxylic acids is 1. The van der Waals surface area contributed by atoms with E-state index in [-0.39, 0.29) is 22.4 Å². The molecular weight excluding hydrogens is 330 g/mol. The number of fused-ring (bicyclic) bond motifs is 1. The van der Waals surface area contributed by atoms with Gasteiger partial charge in [-0.15, -0.1) is 8.78 Å². The van der Waals surface area contributed by atoms with Gasteiger partial charge in [0.15, 0.2) is 11.5 Å². The molecule has 1 aliphatic heterocycles. The molecule has 1 aromatic heterocycles. The second kappa shape index (κ2) is 5.66. The van der Waals surface area contributed by atoms with Gasteiger partial charge in [-0.05, 0) is 18.2 Å². The van der Waals surface area contributed by atoms with Crippen molar-refractivity contribution in [2.75, 3.05) is 5.32 Å². The molecule has 0 spiro atoms. The smallest absolute Gasteiger partial charge is 0.395 e. The molecule has 0 fully saturated rings. The van der Waals surface area contributed by atoms with Crippen LogP contribution in [0.25, 0.3) is 11.1 Å². The van der Waals surface area contributed by atoms with Crippen molar-refractivity contribution in [1.29, 1.82) is 0 Å². The summed E-state index contributed by atoms with van der Waals surface area (Å²) in [6.45, 7) is 1.73. The first-order chi connectivity index (χ1) is 10.9. The maximum Gasteiger partial charge on any atom is 0.586 e. The minimum Gasteiger partial charge on any atom is -0.395 e. The Balaban J connectivity index is 1.89. The maximum absolute atomic E-state index is 13.1. The van der Waals surface area contributed by atoms with Crippen LogP contribution in [0, 0.1) is 0 Å². The van der Waals surface area contributed by atoms with E-state index < -0.39 is 6.29 Å². The van der Waals surface area contributed by atoms with E-state index in [1.54, 1.807) is 19.1 Å². The molecule has 2 heterocycles. The van der Waals surface area contributed by atoms with Crippen LogP contribution in [0.3, 0.4) is 0 Å². The standard InChI is InChI=1S/C15H11ClF2N2O3/c1-2-14(21)20-13-4-3-8(7-19-13)9-5-11-12(6-10(9)16)23-15(17,18)22-11/h3-7H,2H2,1H3,(H,19,20,21). The molecule has 0 atom stereocenters. The molecule has 1 aromatic carbocycles. The van der Waals surface area contributed by atoms with Crippen molar-refractivity contribution in [1.82, 2.24) is 4.98 Å². The van der Waals surface area contributed by atoms with Gasteiger partial charge in [0.2, 0.25) is 5.91 Å². The number of aromatic nitrogens is 1. The first-order valence-electron chi connectivity index (χ1n) is 6.73. The predicted molar refractivity (Wildman–Crippen MR) is 79.8 cm³/mol. The molecule has 0 radical (unpaired) electrons. The lowest BCUT2D eigenvalue weighted by Gasteiger charge is -2.07. The Morgan fingerprint density at radius 1 is 1.30 bits per heavy atom. The zero-order chi connectivity index (χ0) is 16.6. The molecule has 0 saturated carbocycles. The number of anilines is 1. The molecule has 0 saturated heterocycles. The van der Waals surface area contributed by atoms with Gasteiger partial charge in [0.1, 0.15) is 5.82 Å². The predicted octanol–water partition coefficient (Wildman–Crippen LogP) is 4.07. The molecule has 2 aromatic rings. The van der Waals surface area contributed by atoms with E-state index in [1.807, 2.05) is 0 Å². The topological polar surface area (TPSA) is 60.5 Å². The monoisotopic (exact) mass is 340 g/mol. The summed E-state index contributed by atoms with van der Waals surface area (Å²) in [6.07, 6.45) is -1.88. The van der Waals surface area contributed by atoms with Gasteiger partial charge in [-0.1, -0.05) is 18.5 Å². The van der Waals surface area contributed by atoms with Gasteiger partial charge in [0, 0.05) is 29.8 Å². The van der Waals surface area contributed by atoms with Crippen LogP contribution in [0.5, 0.6) is 11.5 Å². The number of nitrogens with one attached hydrogen (secondary N) is 1. The zero-order valence-electron chi connectivity index (χ0n) is 11.9. The third-order valence-corrected chi connectivity index (χ3v) is 3.47. The Morgan fingerprint density at radius 2 is 2.00 bits per heavy atom. The Morgan fingerprint density at radius 3 is 2.61 bits per heavy atom. The third kappa shape index (κ3) is 3.19. The lowest BCUT2D eigenvalue weighted by molar-refractivity contribution is -0.286. The Labute approximate surface area is 135 Å². The molecule has 23 heavy (non-hydrogen) atoms. The van der Waals surface area contributed by atoms with E-state index in [0.29, 0.717) is 23.4 Å². The van der Waals surface area contributed by atoms with E-state index in [9.17, 15) is 13.6 Å². The highest BCUT2D eigenvalue weighted by Crippen LogP contribution is 2.45. The van der Waals surface area contributed by atoms with Crippen LogP contribution in [0.15, 0.2) is 30.5 Å². The van der Waals surface area contributed by atoms with Crippen LogP contribution in [-0.4, -0.2) is 17.2 Å². The fourth-order valence-electron chi connectivity index (χ4n) is 2.05. The maximum atomic E-state index is 13.1. The average Bonchev–Trinajstić information content (AvgIpc) is 2.80. The molecule has 0 aliphatic carbocycles. The summed E-state index contributed by atoms with van der Waals surface area (Å²) in [5, 5.41) is 2.83. The third-order valence-electron chi connectivity index (χ3n) is 3.15. The van der Waals surface area contributed by atoms with Crippen molar-refractivity contribution in [3.8, 4) is 22.6 Å². The van der Waals surface area contributed by atoms with Crippen molar-refractivity contribution in [2.45, 2.75) is 19.6 Å². The summed E-state index contributed by atoms with van der Waals surface area (Å²) >= 11 is 6.10. The Kier molecular flexibility index (Phi) is 3.81. The summed E-state index contributed by atoms with van der Waals surface area (Å²) in [5.74, 6) is 0.0129. The number of halogens is 3. The number of hydrogen-bond donors (Lipinski definition) is 1. The van der Waals surface area contributed by atoms with E-state index in [2.05, 4.69) is 19.8 Å². The second-order valence-electron chi connectivity index (χ2n) is 4.78. The number of benzene rings is 1. The lowest BCUT2D eigenvalue weighted by atomic mass is 10.1. The van der Waals surface area contributed by atoms with Crippen LogP contribution in [-0.2, 0) is 4.79 Å². The van der Waals surface area contributed by atoms with Gasteiger partial charge in [-0.25, -0.2) is 4.98 Å². The number of amides is 1. The Bertz CT molecular complexity index is 766. The molecule has 1 N–H and O–H groups in total. The van der Waals surface area contributed by atoms with Gasteiger partial charge >= 0.3 is 6.29 Å². The number of carbonyl (C=O) groups is 1. The molecule has 120 valence electrons. The minimum atomic E-state index is -3.70. The van der Waals surface area contributed by atoms with Crippen molar-refractivity contribution in [3.63, 3.8) is 0 Å². The zero-order valence-corrected chi connectivity index (χ0v) is 12.7. The van der Waals surface area contributed by atoms with Crippen LogP contribution >= 0.6 is 11.6 Å². The van der Waals surface area contributed by atoms with Gasteiger partial charge in [-0.2, -0.15) is 0 Å². The normalized spacial score (nSPS) is 14.6. The summed E-state index contributed by atoms with van der Waals surface area (Å²) in [7, 11) is 0. The Hall–Kier alpha value is -2.41. The fraction of sp³-hybridized carbons (Fsp3) is 0.200. The largest absolute Gasteiger partial charge is 0.586 e. The first-order valence-corrected chi connectivity index (χ1v) is 7.11. The highest BCUT2D eigenvalue weighted by atomic mass is 35.5. The molecule has 1 amide bonds. The van der Waals surface area contributed by atoms with Crippen LogP contribution in [0.4, 0.5) is 14.6 Å². The van der Waals surface area contributed by atoms with Crippen LogP contribution in [0.1, 0.15) is 13.3 Å². The number of hydrogen-bond acceptors (Lipinski definition) is 4. The highest BCUT2D eigenvalue weighted by molar-refractivity contribution is 6.33. The average molecular weight is 341 g/mol.